The Morgan fingerprint density at radius 1 is 1.38 bits per heavy atom. The second-order valence-electron chi connectivity index (χ2n) is 3.67. The Balaban J connectivity index is 2.05. The van der Waals surface area contributed by atoms with Gasteiger partial charge in [-0.3, -0.25) is 4.79 Å². The summed E-state index contributed by atoms with van der Waals surface area (Å²) >= 11 is 0. The third-order valence-electron chi connectivity index (χ3n) is 2.42. The van der Waals surface area contributed by atoms with Gasteiger partial charge in [0.05, 0.1) is 0 Å². The summed E-state index contributed by atoms with van der Waals surface area (Å²) in [4.78, 5) is 10.8. The predicted octanol–water partition coefficient (Wildman–Crippen LogP) is 1.14. The summed E-state index contributed by atoms with van der Waals surface area (Å²) in [5, 5.41) is 2.77. The van der Waals surface area contributed by atoms with Gasteiger partial charge in [-0.15, -0.1) is 0 Å². The van der Waals surface area contributed by atoms with E-state index in [9.17, 15) is 4.79 Å². The first kappa shape index (κ1) is 10.8. The Hall–Kier alpha value is -1.71. The Morgan fingerprint density at radius 2 is 2.19 bits per heavy atom. The molecule has 16 heavy (non-hydrogen) atoms. The van der Waals surface area contributed by atoms with Gasteiger partial charge < -0.3 is 14.8 Å². The monoisotopic (exact) mass is 221 g/mol. The smallest absolute Gasteiger partial charge is 0.216 e. The highest BCUT2D eigenvalue weighted by atomic mass is 16.6. The van der Waals surface area contributed by atoms with Crippen molar-refractivity contribution in [3.8, 4) is 11.5 Å². The number of benzene rings is 1. The lowest BCUT2D eigenvalue weighted by Gasteiger charge is -2.20. The molecule has 86 valence electrons. The Bertz CT molecular complexity index is 390. The van der Waals surface area contributed by atoms with Gasteiger partial charge >= 0.3 is 0 Å². The number of amides is 1. The molecule has 2 rings (SSSR count). The quantitative estimate of drug-likeness (QED) is 0.832. The third-order valence-corrected chi connectivity index (χ3v) is 2.42. The fourth-order valence-corrected chi connectivity index (χ4v) is 1.70. The van der Waals surface area contributed by atoms with Crippen molar-refractivity contribution in [3.05, 3.63) is 23.8 Å². The van der Waals surface area contributed by atoms with Crippen molar-refractivity contribution in [2.24, 2.45) is 0 Å². The molecular formula is C12H15NO3. The maximum atomic E-state index is 10.8. The zero-order valence-electron chi connectivity index (χ0n) is 9.29. The molecule has 1 heterocycles. The van der Waals surface area contributed by atoms with Gasteiger partial charge in [-0.25, -0.2) is 0 Å². The Kier molecular flexibility index (Phi) is 3.29. The number of rotatable bonds is 3. The highest BCUT2D eigenvalue weighted by Crippen LogP contribution is 2.33. The van der Waals surface area contributed by atoms with Gasteiger partial charge in [-0.2, -0.15) is 0 Å². The Labute approximate surface area is 94.6 Å². The van der Waals surface area contributed by atoms with E-state index in [-0.39, 0.29) is 5.91 Å². The highest BCUT2D eigenvalue weighted by molar-refractivity contribution is 5.72. The van der Waals surface area contributed by atoms with Gasteiger partial charge in [-0.1, -0.05) is 12.1 Å². The van der Waals surface area contributed by atoms with E-state index in [1.807, 2.05) is 18.2 Å². The molecule has 0 atom stereocenters. The summed E-state index contributed by atoms with van der Waals surface area (Å²) in [6.07, 6.45) is 0.756. The van der Waals surface area contributed by atoms with Crippen molar-refractivity contribution in [2.45, 2.75) is 13.3 Å². The van der Waals surface area contributed by atoms with Crippen LogP contribution in [0, 0.1) is 0 Å². The lowest BCUT2D eigenvalue weighted by atomic mass is 10.1. The first-order valence-electron chi connectivity index (χ1n) is 5.39. The van der Waals surface area contributed by atoms with Crippen LogP contribution in [0.2, 0.25) is 0 Å². The Morgan fingerprint density at radius 3 is 3.00 bits per heavy atom. The topological polar surface area (TPSA) is 47.6 Å². The zero-order valence-corrected chi connectivity index (χ0v) is 9.29. The summed E-state index contributed by atoms with van der Waals surface area (Å²) in [5.41, 5.74) is 1.07. The second-order valence-corrected chi connectivity index (χ2v) is 3.67. The fraction of sp³-hybridized carbons (Fsp3) is 0.417. The van der Waals surface area contributed by atoms with Crippen molar-refractivity contribution in [1.29, 1.82) is 0 Å². The van der Waals surface area contributed by atoms with Crippen LogP contribution in [0.25, 0.3) is 0 Å². The molecule has 1 aliphatic rings. The molecule has 0 bridgehead atoms. The molecule has 0 aliphatic carbocycles. The number of carbonyl (C=O) groups is 1. The summed E-state index contributed by atoms with van der Waals surface area (Å²) in [6, 6.07) is 5.84. The summed E-state index contributed by atoms with van der Waals surface area (Å²) < 4.78 is 11.1. The molecule has 1 N–H and O–H groups in total. The van der Waals surface area contributed by atoms with E-state index in [2.05, 4.69) is 5.32 Å². The average molecular weight is 221 g/mol. The van der Waals surface area contributed by atoms with Crippen molar-refractivity contribution >= 4 is 5.91 Å². The number of carbonyl (C=O) groups excluding carboxylic acids is 1. The molecule has 0 saturated heterocycles. The number of hydrogen-bond donors (Lipinski definition) is 1. The van der Waals surface area contributed by atoms with Crippen LogP contribution >= 0.6 is 0 Å². The maximum absolute atomic E-state index is 10.8. The molecule has 1 aliphatic heterocycles. The van der Waals surface area contributed by atoms with E-state index in [1.54, 1.807) is 0 Å². The minimum absolute atomic E-state index is 0.0121. The van der Waals surface area contributed by atoms with Gasteiger partial charge in [-0.05, 0) is 18.1 Å². The zero-order chi connectivity index (χ0) is 11.4. The van der Waals surface area contributed by atoms with E-state index in [1.165, 1.54) is 6.92 Å². The maximum Gasteiger partial charge on any atom is 0.216 e. The molecule has 0 fully saturated rings. The summed E-state index contributed by atoms with van der Waals surface area (Å²) in [7, 11) is 0. The van der Waals surface area contributed by atoms with Crippen LogP contribution in [0.5, 0.6) is 11.5 Å². The van der Waals surface area contributed by atoms with Gasteiger partial charge in [0, 0.05) is 13.5 Å². The van der Waals surface area contributed by atoms with E-state index in [0.29, 0.717) is 19.8 Å². The molecule has 0 aromatic heterocycles. The molecule has 1 aromatic rings. The minimum Gasteiger partial charge on any atom is -0.486 e. The molecule has 0 saturated carbocycles. The van der Waals surface area contributed by atoms with Crippen molar-refractivity contribution in [3.63, 3.8) is 0 Å². The van der Waals surface area contributed by atoms with Crippen LogP contribution in [0.3, 0.4) is 0 Å². The van der Waals surface area contributed by atoms with Gasteiger partial charge in [0.1, 0.15) is 13.2 Å². The third kappa shape index (κ3) is 2.45. The van der Waals surface area contributed by atoms with Crippen LogP contribution in [-0.4, -0.2) is 25.7 Å². The van der Waals surface area contributed by atoms with Crippen LogP contribution in [0.15, 0.2) is 18.2 Å². The van der Waals surface area contributed by atoms with Crippen LogP contribution < -0.4 is 14.8 Å². The highest BCUT2D eigenvalue weighted by Gasteiger charge is 2.14. The molecule has 1 aromatic carbocycles. The molecule has 4 heteroatoms. The van der Waals surface area contributed by atoms with E-state index >= 15 is 0 Å². The molecule has 0 radical (unpaired) electrons. The summed E-state index contributed by atoms with van der Waals surface area (Å²) in [6.45, 7) is 3.32. The molecule has 0 unspecified atom stereocenters. The SMILES string of the molecule is CC(=O)NCCc1cccc2c1OCCO2. The lowest BCUT2D eigenvalue weighted by Crippen LogP contribution is -2.23. The fourth-order valence-electron chi connectivity index (χ4n) is 1.70. The van der Waals surface area contributed by atoms with Gasteiger partial charge in [0.2, 0.25) is 5.91 Å². The molecule has 1 amide bonds. The number of para-hydroxylation sites is 1. The van der Waals surface area contributed by atoms with Crippen LogP contribution in [0.1, 0.15) is 12.5 Å². The molecule has 0 spiro atoms. The lowest BCUT2D eigenvalue weighted by molar-refractivity contribution is -0.118. The normalized spacial score (nSPS) is 13.3. The second kappa shape index (κ2) is 4.88. The minimum atomic E-state index is -0.0121. The average Bonchev–Trinajstić information content (AvgIpc) is 2.29. The van der Waals surface area contributed by atoms with Gasteiger partial charge in [0.25, 0.3) is 0 Å². The van der Waals surface area contributed by atoms with Crippen molar-refractivity contribution in [2.75, 3.05) is 19.8 Å². The number of hydrogen-bond acceptors (Lipinski definition) is 3. The number of fused-ring (bicyclic) bond motifs is 1. The van der Waals surface area contributed by atoms with Gasteiger partial charge in [0.15, 0.2) is 11.5 Å². The molecule has 4 nitrogen and oxygen atoms in total. The first-order valence-corrected chi connectivity index (χ1v) is 5.39. The van der Waals surface area contributed by atoms with Crippen LogP contribution in [-0.2, 0) is 11.2 Å². The van der Waals surface area contributed by atoms with E-state index in [0.717, 1.165) is 23.5 Å². The largest absolute Gasteiger partial charge is 0.486 e. The van der Waals surface area contributed by atoms with E-state index < -0.39 is 0 Å². The standard InChI is InChI=1S/C12H15NO3/c1-9(14)13-6-5-10-3-2-4-11-12(10)16-8-7-15-11/h2-4H,5-8H2,1H3,(H,13,14). The van der Waals surface area contributed by atoms with E-state index in [4.69, 9.17) is 9.47 Å². The first-order chi connectivity index (χ1) is 7.77. The van der Waals surface area contributed by atoms with Crippen LogP contribution in [0.4, 0.5) is 0 Å². The van der Waals surface area contributed by atoms with Crippen molar-refractivity contribution < 1.29 is 14.3 Å². The number of nitrogens with one attached hydrogen (secondary N) is 1. The molecular weight excluding hydrogens is 206 g/mol. The van der Waals surface area contributed by atoms with Crippen molar-refractivity contribution in [1.82, 2.24) is 5.32 Å². The predicted molar refractivity (Wildman–Crippen MR) is 59.8 cm³/mol. The summed E-state index contributed by atoms with van der Waals surface area (Å²) in [5.74, 6) is 1.60. The number of ether oxygens (including phenoxy) is 2.